The number of aromatic carboxylic acids is 1. The summed E-state index contributed by atoms with van der Waals surface area (Å²) in [7, 11) is 1.48. The van der Waals surface area contributed by atoms with E-state index >= 15 is 0 Å². The van der Waals surface area contributed by atoms with Crippen molar-refractivity contribution >= 4 is 33.6 Å². The van der Waals surface area contributed by atoms with Crippen LogP contribution in [0.15, 0.2) is 59.4 Å². The maximum atomic E-state index is 13.2. The number of hydrogen-bond donors (Lipinski definition) is 2. The Morgan fingerprint density at radius 1 is 1.00 bits per heavy atom. The molecule has 2 heterocycles. The number of aromatic hydroxyl groups is 1. The van der Waals surface area contributed by atoms with E-state index in [4.69, 9.17) is 0 Å². The SMILES string of the molecule is Cn1c(C(=O)O)c(O)c2c(=O)n(CC(=O)c3ccccc3)c3ccccc3c21. The minimum atomic E-state index is -1.34. The van der Waals surface area contributed by atoms with Gasteiger partial charge in [-0.3, -0.25) is 14.2 Å². The molecule has 0 spiro atoms. The first-order valence-electron chi connectivity index (χ1n) is 8.56. The van der Waals surface area contributed by atoms with Gasteiger partial charge in [0.25, 0.3) is 5.56 Å². The van der Waals surface area contributed by atoms with Crippen LogP contribution in [-0.4, -0.2) is 31.1 Å². The molecule has 0 radical (unpaired) electrons. The smallest absolute Gasteiger partial charge is 0.356 e. The molecule has 2 aromatic heterocycles. The summed E-state index contributed by atoms with van der Waals surface area (Å²) < 4.78 is 2.57. The van der Waals surface area contributed by atoms with Crippen LogP contribution in [0.1, 0.15) is 20.8 Å². The first-order chi connectivity index (χ1) is 13.4. The minimum Gasteiger partial charge on any atom is -0.505 e. The molecule has 4 rings (SSSR count). The number of carboxylic acids is 1. The number of benzene rings is 2. The van der Waals surface area contributed by atoms with E-state index in [1.807, 2.05) is 0 Å². The molecule has 0 aliphatic carbocycles. The fraction of sp³-hybridized carbons (Fsp3) is 0.0952. The Balaban J connectivity index is 2.05. The van der Waals surface area contributed by atoms with Crippen LogP contribution in [0.3, 0.4) is 0 Å². The number of Topliss-reactive ketones (excluding diaryl/α,β-unsaturated/α-hetero) is 1. The molecule has 7 nitrogen and oxygen atoms in total. The van der Waals surface area contributed by atoms with Gasteiger partial charge >= 0.3 is 5.97 Å². The summed E-state index contributed by atoms with van der Waals surface area (Å²) in [4.78, 5) is 37.4. The van der Waals surface area contributed by atoms with Crippen LogP contribution in [-0.2, 0) is 13.6 Å². The van der Waals surface area contributed by atoms with E-state index < -0.39 is 17.3 Å². The number of fused-ring (bicyclic) bond motifs is 3. The number of hydrogen-bond acceptors (Lipinski definition) is 4. The van der Waals surface area contributed by atoms with Crippen molar-refractivity contribution in [2.45, 2.75) is 6.54 Å². The van der Waals surface area contributed by atoms with Crippen molar-refractivity contribution in [3.8, 4) is 5.75 Å². The predicted octanol–water partition coefficient (Wildman–Crippen LogP) is 2.78. The summed E-state index contributed by atoms with van der Waals surface area (Å²) in [5.74, 6) is -2.20. The molecule has 0 fully saturated rings. The Morgan fingerprint density at radius 3 is 2.32 bits per heavy atom. The predicted molar refractivity (Wildman–Crippen MR) is 104 cm³/mol. The quantitative estimate of drug-likeness (QED) is 0.533. The second kappa shape index (κ2) is 6.38. The summed E-state index contributed by atoms with van der Waals surface area (Å²) >= 11 is 0. The number of carboxylic acid groups (broad SMARTS) is 1. The van der Waals surface area contributed by atoms with E-state index in [0.717, 1.165) is 0 Å². The highest BCUT2D eigenvalue weighted by atomic mass is 16.4. The summed E-state index contributed by atoms with van der Waals surface area (Å²) in [6.45, 7) is -0.226. The topological polar surface area (TPSA) is 102 Å². The van der Waals surface area contributed by atoms with E-state index in [1.165, 1.54) is 16.2 Å². The molecular weight excluding hydrogens is 360 g/mol. The van der Waals surface area contributed by atoms with Crippen molar-refractivity contribution in [1.29, 1.82) is 0 Å². The highest BCUT2D eigenvalue weighted by Crippen LogP contribution is 2.33. The van der Waals surface area contributed by atoms with Crippen LogP contribution >= 0.6 is 0 Å². The van der Waals surface area contributed by atoms with E-state index in [0.29, 0.717) is 22.0 Å². The Morgan fingerprint density at radius 2 is 1.64 bits per heavy atom. The minimum absolute atomic E-state index is 0.112. The van der Waals surface area contributed by atoms with Crippen LogP contribution in [0.5, 0.6) is 5.75 Å². The van der Waals surface area contributed by atoms with Crippen LogP contribution < -0.4 is 5.56 Å². The molecule has 0 amide bonds. The molecule has 4 aromatic rings. The summed E-state index contributed by atoms with van der Waals surface area (Å²) in [5.41, 5.74) is 0.283. The van der Waals surface area contributed by atoms with Gasteiger partial charge in [-0.05, 0) is 6.07 Å². The molecule has 0 saturated carbocycles. The molecule has 2 N–H and O–H groups in total. The van der Waals surface area contributed by atoms with Crippen molar-refractivity contribution in [3.63, 3.8) is 0 Å². The first-order valence-corrected chi connectivity index (χ1v) is 8.56. The lowest BCUT2D eigenvalue weighted by atomic mass is 10.1. The molecular formula is C21H16N2O5. The molecule has 0 aliphatic rings. The Hall–Kier alpha value is -3.87. The first kappa shape index (κ1) is 17.5. The van der Waals surface area contributed by atoms with E-state index in [2.05, 4.69) is 0 Å². The summed E-state index contributed by atoms with van der Waals surface area (Å²) in [5, 5.41) is 20.3. The van der Waals surface area contributed by atoms with Gasteiger partial charge < -0.3 is 14.8 Å². The second-order valence-corrected chi connectivity index (χ2v) is 6.48. The number of rotatable bonds is 4. The average molecular weight is 376 g/mol. The van der Waals surface area contributed by atoms with Crippen molar-refractivity contribution < 1.29 is 19.8 Å². The van der Waals surface area contributed by atoms with Gasteiger partial charge in [-0.25, -0.2) is 4.79 Å². The number of aryl methyl sites for hydroxylation is 1. The van der Waals surface area contributed by atoms with Crippen LogP contribution in [0.4, 0.5) is 0 Å². The van der Waals surface area contributed by atoms with Crippen molar-refractivity contribution in [3.05, 3.63) is 76.2 Å². The fourth-order valence-corrected chi connectivity index (χ4v) is 3.60. The van der Waals surface area contributed by atoms with Gasteiger partial charge in [-0.15, -0.1) is 0 Å². The van der Waals surface area contributed by atoms with E-state index in [1.54, 1.807) is 54.6 Å². The Labute approximate surface area is 158 Å². The molecule has 140 valence electrons. The largest absolute Gasteiger partial charge is 0.505 e. The molecule has 2 aromatic carbocycles. The van der Waals surface area contributed by atoms with Gasteiger partial charge in [0.05, 0.1) is 17.6 Å². The molecule has 28 heavy (non-hydrogen) atoms. The summed E-state index contributed by atoms with van der Waals surface area (Å²) in [6.07, 6.45) is 0. The van der Waals surface area contributed by atoms with Gasteiger partial charge in [0.1, 0.15) is 5.39 Å². The molecule has 7 heteroatoms. The number of carbonyl (C=O) groups is 2. The van der Waals surface area contributed by atoms with Crippen LogP contribution in [0.2, 0.25) is 0 Å². The number of nitrogens with zero attached hydrogens (tertiary/aromatic N) is 2. The van der Waals surface area contributed by atoms with Crippen LogP contribution in [0, 0.1) is 0 Å². The number of pyridine rings is 1. The maximum absolute atomic E-state index is 13.2. The number of para-hydroxylation sites is 1. The number of ketones is 1. The molecule has 0 aliphatic heterocycles. The third-order valence-electron chi connectivity index (χ3n) is 4.88. The van der Waals surface area contributed by atoms with Gasteiger partial charge in [-0.2, -0.15) is 0 Å². The highest BCUT2D eigenvalue weighted by Gasteiger charge is 2.26. The lowest BCUT2D eigenvalue weighted by molar-refractivity contribution is 0.0683. The monoisotopic (exact) mass is 376 g/mol. The lowest BCUT2D eigenvalue weighted by Crippen LogP contribution is -2.25. The average Bonchev–Trinajstić information content (AvgIpc) is 2.96. The molecule has 0 saturated heterocycles. The van der Waals surface area contributed by atoms with Gasteiger partial charge in [0, 0.05) is 18.0 Å². The Kier molecular flexibility index (Phi) is 4.00. The molecule has 0 bridgehead atoms. The fourth-order valence-electron chi connectivity index (χ4n) is 3.60. The van der Waals surface area contributed by atoms with Gasteiger partial charge in [0.2, 0.25) is 0 Å². The Bertz CT molecular complexity index is 1320. The maximum Gasteiger partial charge on any atom is 0.356 e. The molecule has 0 unspecified atom stereocenters. The standard InChI is InChI=1S/C21H16N2O5/c1-22-17-13-9-5-6-10-14(13)23(11-15(24)12-7-3-2-4-8-12)20(26)16(17)19(25)18(22)21(27)28/h2-10,25H,11H2,1H3,(H,27,28). The van der Waals surface area contributed by atoms with Crippen molar-refractivity contribution in [2.24, 2.45) is 7.05 Å². The van der Waals surface area contributed by atoms with Crippen molar-refractivity contribution in [1.82, 2.24) is 9.13 Å². The third-order valence-corrected chi connectivity index (χ3v) is 4.88. The van der Waals surface area contributed by atoms with Crippen molar-refractivity contribution in [2.75, 3.05) is 0 Å². The zero-order chi connectivity index (χ0) is 20.0. The van der Waals surface area contributed by atoms with Gasteiger partial charge in [-0.1, -0.05) is 48.5 Å². The second-order valence-electron chi connectivity index (χ2n) is 6.48. The number of aromatic nitrogens is 2. The zero-order valence-corrected chi connectivity index (χ0v) is 14.9. The third kappa shape index (κ3) is 2.48. The summed E-state index contributed by atoms with van der Waals surface area (Å²) in [6, 6.07) is 15.5. The highest BCUT2D eigenvalue weighted by molar-refractivity contribution is 6.11. The normalized spacial score (nSPS) is 11.2. The lowest BCUT2D eigenvalue weighted by Gasteiger charge is -2.12. The molecule has 0 atom stereocenters. The van der Waals surface area contributed by atoms with E-state index in [9.17, 15) is 24.6 Å². The zero-order valence-electron chi connectivity index (χ0n) is 14.9. The van der Waals surface area contributed by atoms with E-state index in [-0.39, 0.29) is 23.4 Å². The van der Waals surface area contributed by atoms with Crippen LogP contribution in [0.25, 0.3) is 21.8 Å². The van der Waals surface area contributed by atoms with Gasteiger partial charge in [0.15, 0.2) is 17.2 Å². The number of carbonyl (C=O) groups excluding carboxylic acids is 1.